The third-order valence-corrected chi connectivity index (χ3v) is 5.00. The third kappa shape index (κ3) is 3.45. The average molecular weight is 320 g/mol. The summed E-state index contributed by atoms with van der Waals surface area (Å²) in [5, 5.41) is 13.6. The van der Waals surface area contributed by atoms with E-state index >= 15 is 0 Å². The fourth-order valence-corrected chi connectivity index (χ4v) is 3.66. The van der Waals surface area contributed by atoms with Crippen LogP contribution in [0.4, 0.5) is 5.69 Å². The van der Waals surface area contributed by atoms with Crippen LogP contribution in [-0.4, -0.2) is 32.5 Å². The van der Waals surface area contributed by atoms with Crippen LogP contribution in [0.3, 0.4) is 0 Å². The molecule has 110 valence electrons. The molecule has 0 radical (unpaired) electrons. The number of hydrogen-bond acceptors (Lipinski definition) is 5. The van der Waals surface area contributed by atoms with Crippen molar-refractivity contribution in [3.8, 4) is 0 Å². The number of sulfonamides is 1. The molecule has 0 saturated carbocycles. The number of hydrogen-bond donors (Lipinski definition) is 2. The molecule has 1 saturated heterocycles. The molecule has 0 spiro atoms. The number of nitrogens with zero attached hydrogens (tertiary/aromatic N) is 1. The van der Waals surface area contributed by atoms with Crippen LogP contribution >= 0.6 is 11.6 Å². The molecule has 1 atom stereocenters. The predicted octanol–water partition coefficient (Wildman–Crippen LogP) is 1.28. The Morgan fingerprint density at radius 3 is 2.80 bits per heavy atom. The lowest BCUT2D eigenvalue weighted by Gasteiger charge is -2.12. The number of nitro benzene ring substituents is 1. The van der Waals surface area contributed by atoms with Gasteiger partial charge in [-0.05, 0) is 25.5 Å². The first kappa shape index (κ1) is 15.2. The van der Waals surface area contributed by atoms with E-state index in [1.165, 1.54) is 0 Å². The van der Waals surface area contributed by atoms with Gasteiger partial charge in [0, 0.05) is 24.7 Å². The summed E-state index contributed by atoms with van der Waals surface area (Å²) in [4.78, 5) is 9.81. The zero-order valence-electron chi connectivity index (χ0n) is 10.5. The highest BCUT2D eigenvalue weighted by molar-refractivity contribution is 7.89. The van der Waals surface area contributed by atoms with E-state index in [0.717, 1.165) is 37.6 Å². The van der Waals surface area contributed by atoms with Crippen molar-refractivity contribution in [2.75, 3.05) is 13.1 Å². The third-order valence-electron chi connectivity index (χ3n) is 3.10. The smallest absolute Gasteiger partial charge is 0.271 e. The Labute approximate surface area is 121 Å². The Morgan fingerprint density at radius 2 is 2.25 bits per heavy atom. The molecule has 0 bridgehead atoms. The quantitative estimate of drug-likeness (QED) is 0.629. The highest BCUT2D eigenvalue weighted by Gasteiger charge is 2.22. The second-order valence-corrected chi connectivity index (χ2v) is 6.66. The Hall–Kier alpha value is -1.22. The van der Waals surface area contributed by atoms with Gasteiger partial charge in [0.2, 0.25) is 10.0 Å². The molecule has 1 fully saturated rings. The number of benzene rings is 1. The standard InChI is InChI=1S/C11H14ClN3O4S/c12-10-6-9(15(16)17)3-4-11(10)20(18,19)14-7-8-2-1-5-13-8/h3-4,6,8,13-14H,1-2,5,7H2. The van der Waals surface area contributed by atoms with Crippen molar-refractivity contribution < 1.29 is 13.3 Å². The summed E-state index contributed by atoms with van der Waals surface area (Å²) in [5.74, 6) is 0. The van der Waals surface area contributed by atoms with Gasteiger partial charge in [-0.1, -0.05) is 11.6 Å². The maximum absolute atomic E-state index is 12.1. The van der Waals surface area contributed by atoms with Crippen LogP contribution in [0.1, 0.15) is 12.8 Å². The second-order valence-electron chi connectivity index (χ2n) is 4.52. The Kier molecular flexibility index (Phi) is 4.59. The summed E-state index contributed by atoms with van der Waals surface area (Å²) in [6.07, 6.45) is 1.93. The molecule has 1 aromatic carbocycles. The fraction of sp³-hybridized carbons (Fsp3) is 0.455. The first-order valence-corrected chi connectivity index (χ1v) is 7.93. The first-order chi connectivity index (χ1) is 9.40. The van der Waals surface area contributed by atoms with Gasteiger partial charge in [-0.2, -0.15) is 0 Å². The maximum atomic E-state index is 12.1. The van der Waals surface area contributed by atoms with Gasteiger partial charge in [-0.25, -0.2) is 13.1 Å². The molecule has 0 amide bonds. The number of rotatable bonds is 5. The van der Waals surface area contributed by atoms with E-state index < -0.39 is 14.9 Å². The topological polar surface area (TPSA) is 101 Å². The van der Waals surface area contributed by atoms with E-state index in [-0.39, 0.29) is 28.2 Å². The molecule has 2 rings (SSSR count). The van der Waals surface area contributed by atoms with Crippen LogP contribution in [-0.2, 0) is 10.0 Å². The minimum absolute atomic E-state index is 0.113. The summed E-state index contributed by atoms with van der Waals surface area (Å²) >= 11 is 5.81. The molecule has 1 unspecified atom stereocenters. The zero-order valence-corrected chi connectivity index (χ0v) is 12.1. The predicted molar refractivity (Wildman–Crippen MR) is 74.3 cm³/mol. The lowest BCUT2D eigenvalue weighted by molar-refractivity contribution is -0.384. The number of non-ortho nitro benzene ring substituents is 1. The van der Waals surface area contributed by atoms with Crippen molar-refractivity contribution in [2.45, 2.75) is 23.8 Å². The molecular formula is C11H14ClN3O4S. The Balaban J connectivity index is 2.14. The molecule has 1 aliphatic rings. The van der Waals surface area contributed by atoms with Crippen LogP contribution < -0.4 is 10.0 Å². The molecule has 2 N–H and O–H groups in total. The van der Waals surface area contributed by atoms with Crippen LogP contribution in [0.2, 0.25) is 5.02 Å². The number of halogens is 1. The van der Waals surface area contributed by atoms with Crippen molar-refractivity contribution in [3.63, 3.8) is 0 Å². The van der Waals surface area contributed by atoms with Crippen LogP contribution in [0.5, 0.6) is 0 Å². The molecule has 9 heteroatoms. The summed E-state index contributed by atoms with van der Waals surface area (Å²) in [6, 6.07) is 3.41. The van der Waals surface area contributed by atoms with Crippen molar-refractivity contribution in [1.29, 1.82) is 0 Å². The minimum atomic E-state index is -3.77. The fourth-order valence-electron chi connectivity index (χ4n) is 2.04. The van der Waals surface area contributed by atoms with Crippen LogP contribution in [0.15, 0.2) is 23.1 Å². The zero-order chi connectivity index (χ0) is 14.8. The van der Waals surface area contributed by atoms with Gasteiger partial charge in [-0.3, -0.25) is 10.1 Å². The van der Waals surface area contributed by atoms with Gasteiger partial charge >= 0.3 is 0 Å². The minimum Gasteiger partial charge on any atom is -0.313 e. The molecule has 1 aromatic rings. The highest BCUT2D eigenvalue weighted by atomic mass is 35.5. The lowest BCUT2D eigenvalue weighted by atomic mass is 10.2. The van der Waals surface area contributed by atoms with Gasteiger partial charge in [0.1, 0.15) is 4.90 Å². The molecule has 0 aromatic heterocycles. The van der Waals surface area contributed by atoms with Crippen molar-refractivity contribution in [2.24, 2.45) is 0 Å². The molecule has 20 heavy (non-hydrogen) atoms. The van der Waals surface area contributed by atoms with E-state index in [4.69, 9.17) is 11.6 Å². The van der Waals surface area contributed by atoms with Crippen molar-refractivity contribution in [3.05, 3.63) is 33.3 Å². The first-order valence-electron chi connectivity index (χ1n) is 6.07. The number of nitrogens with one attached hydrogen (secondary N) is 2. The highest BCUT2D eigenvalue weighted by Crippen LogP contribution is 2.26. The van der Waals surface area contributed by atoms with Gasteiger partial charge in [-0.15, -0.1) is 0 Å². The van der Waals surface area contributed by atoms with E-state index in [2.05, 4.69) is 10.0 Å². The summed E-state index contributed by atoms with van der Waals surface area (Å²) in [7, 11) is -3.77. The van der Waals surface area contributed by atoms with E-state index in [1.807, 2.05) is 0 Å². The van der Waals surface area contributed by atoms with Crippen LogP contribution in [0, 0.1) is 10.1 Å². The van der Waals surface area contributed by atoms with E-state index in [9.17, 15) is 18.5 Å². The molecular weight excluding hydrogens is 306 g/mol. The van der Waals surface area contributed by atoms with Crippen molar-refractivity contribution in [1.82, 2.24) is 10.0 Å². The molecule has 1 aliphatic heterocycles. The van der Waals surface area contributed by atoms with Crippen LogP contribution in [0.25, 0.3) is 0 Å². The SMILES string of the molecule is O=[N+]([O-])c1ccc(S(=O)(=O)NCC2CCCN2)c(Cl)c1. The van der Waals surface area contributed by atoms with E-state index in [0.29, 0.717) is 0 Å². The van der Waals surface area contributed by atoms with Gasteiger partial charge < -0.3 is 5.32 Å². The van der Waals surface area contributed by atoms with Gasteiger partial charge in [0.05, 0.1) is 9.95 Å². The van der Waals surface area contributed by atoms with Crippen molar-refractivity contribution >= 4 is 27.3 Å². The largest absolute Gasteiger partial charge is 0.313 e. The lowest BCUT2D eigenvalue weighted by Crippen LogP contribution is -2.37. The summed E-state index contributed by atoms with van der Waals surface area (Å²) in [5.41, 5.74) is -0.244. The Morgan fingerprint density at radius 1 is 1.50 bits per heavy atom. The number of nitro groups is 1. The summed E-state index contributed by atoms with van der Waals surface area (Å²) in [6.45, 7) is 1.15. The molecule has 0 aliphatic carbocycles. The second kappa shape index (κ2) is 6.04. The Bertz CT molecular complexity index is 614. The molecule has 1 heterocycles. The average Bonchev–Trinajstić information content (AvgIpc) is 2.89. The molecule has 7 nitrogen and oxygen atoms in total. The maximum Gasteiger partial charge on any atom is 0.271 e. The monoisotopic (exact) mass is 319 g/mol. The van der Waals surface area contributed by atoms with E-state index in [1.54, 1.807) is 0 Å². The van der Waals surface area contributed by atoms with Gasteiger partial charge in [0.15, 0.2) is 0 Å². The van der Waals surface area contributed by atoms with Gasteiger partial charge in [0.25, 0.3) is 5.69 Å². The summed E-state index contributed by atoms with van der Waals surface area (Å²) < 4.78 is 26.7. The normalized spacial score (nSPS) is 19.1.